The SMILES string of the molecule is CC(C)c1nnc(NC(=O)[C@H]2c3ccccc3C(=O)N(C)[C@H]2c2ccccc2)s1. The van der Waals surface area contributed by atoms with Crippen molar-refractivity contribution in [1.82, 2.24) is 15.1 Å². The number of anilines is 1. The lowest BCUT2D eigenvalue weighted by molar-refractivity contribution is -0.119. The summed E-state index contributed by atoms with van der Waals surface area (Å²) in [5, 5.41) is 12.5. The van der Waals surface area contributed by atoms with Gasteiger partial charge in [0, 0.05) is 18.5 Å². The first-order valence-electron chi connectivity index (χ1n) is 9.52. The first-order valence-corrected chi connectivity index (χ1v) is 10.3. The molecule has 0 spiro atoms. The molecule has 1 aromatic heterocycles. The summed E-state index contributed by atoms with van der Waals surface area (Å²) in [6, 6.07) is 16.6. The van der Waals surface area contributed by atoms with E-state index in [0.29, 0.717) is 10.7 Å². The Hall–Kier alpha value is -3.06. The van der Waals surface area contributed by atoms with Gasteiger partial charge in [0.05, 0.1) is 12.0 Å². The van der Waals surface area contributed by atoms with Gasteiger partial charge in [-0.2, -0.15) is 0 Å². The Morgan fingerprint density at radius 3 is 2.45 bits per heavy atom. The fourth-order valence-corrected chi connectivity index (χ4v) is 4.47. The Kier molecular flexibility index (Phi) is 5.15. The largest absolute Gasteiger partial charge is 0.334 e. The van der Waals surface area contributed by atoms with Crippen LogP contribution in [0.3, 0.4) is 0 Å². The minimum absolute atomic E-state index is 0.0866. The summed E-state index contributed by atoms with van der Waals surface area (Å²) in [4.78, 5) is 28.1. The quantitative estimate of drug-likeness (QED) is 0.704. The number of nitrogens with one attached hydrogen (secondary N) is 1. The minimum Gasteiger partial charge on any atom is -0.334 e. The van der Waals surface area contributed by atoms with E-state index >= 15 is 0 Å². The first kappa shape index (κ1) is 19.3. The van der Waals surface area contributed by atoms with Crippen LogP contribution in [0.1, 0.15) is 58.2 Å². The number of fused-ring (bicyclic) bond motifs is 1. The van der Waals surface area contributed by atoms with Gasteiger partial charge in [-0.25, -0.2) is 0 Å². The predicted molar refractivity (Wildman–Crippen MR) is 113 cm³/mol. The first-order chi connectivity index (χ1) is 14.0. The highest BCUT2D eigenvalue weighted by Gasteiger charge is 2.42. The van der Waals surface area contributed by atoms with Crippen LogP contribution in [0.2, 0.25) is 0 Å². The van der Waals surface area contributed by atoms with Crippen LogP contribution in [0.4, 0.5) is 5.13 Å². The van der Waals surface area contributed by atoms with E-state index in [4.69, 9.17) is 0 Å². The van der Waals surface area contributed by atoms with Crippen LogP contribution in [-0.4, -0.2) is 34.0 Å². The second kappa shape index (κ2) is 7.75. The number of amides is 2. The zero-order valence-corrected chi connectivity index (χ0v) is 17.3. The van der Waals surface area contributed by atoms with Crippen molar-refractivity contribution >= 4 is 28.3 Å². The second-order valence-electron chi connectivity index (χ2n) is 7.43. The number of benzene rings is 2. The normalized spacial score (nSPS) is 18.6. The molecule has 0 saturated heterocycles. The Bertz CT molecular complexity index is 1050. The molecule has 6 nitrogen and oxygen atoms in total. The van der Waals surface area contributed by atoms with Gasteiger partial charge < -0.3 is 4.90 Å². The van der Waals surface area contributed by atoms with Crippen molar-refractivity contribution in [1.29, 1.82) is 0 Å². The zero-order chi connectivity index (χ0) is 20.5. The lowest BCUT2D eigenvalue weighted by atomic mass is 9.79. The second-order valence-corrected chi connectivity index (χ2v) is 8.44. The number of carbonyl (C=O) groups excluding carboxylic acids is 2. The lowest BCUT2D eigenvalue weighted by Crippen LogP contribution is -2.44. The molecule has 1 aliphatic rings. The maximum absolute atomic E-state index is 13.4. The molecule has 3 aromatic rings. The van der Waals surface area contributed by atoms with Crippen LogP contribution in [0.15, 0.2) is 54.6 Å². The summed E-state index contributed by atoms with van der Waals surface area (Å²) in [6.45, 7) is 4.07. The van der Waals surface area contributed by atoms with Gasteiger partial charge >= 0.3 is 0 Å². The smallest absolute Gasteiger partial charge is 0.254 e. The molecule has 1 aliphatic heterocycles. The molecule has 0 radical (unpaired) electrons. The fourth-order valence-electron chi connectivity index (χ4n) is 3.73. The van der Waals surface area contributed by atoms with Crippen molar-refractivity contribution in [2.24, 2.45) is 0 Å². The van der Waals surface area contributed by atoms with Gasteiger partial charge in [-0.15, -0.1) is 10.2 Å². The number of nitrogens with zero attached hydrogens (tertiary/aromatic N) is 3. The third-order valence-electron chi connectivity index (χ3n) is 5.17. The molecule has 0 aliphatic carbocycles. The molecule has 2 amide bonds. The predicted octanol–water partition coefficient (Wildman–Crippen LogP) is 4.21. The van der Waals surface area contributed by atoms with E-state index in [1.54, 1.807) is 18.0 Å². The molecule has 0 fully saturated rings. The topological polar surface area (TPSA) is 75.2 Å². The summed E-state index contributed by atoms with van der Waals surface area (Å²) < 4.78 is 0. The van der Waals surface area contributed by atoms with Gasteiger partial charge in [0.15, 0.2) is 0 Å². The number of hydrogen-bond acceptors (Lipinski definition) is 5. The monoisotopic (exact) mass is 406 g/mol. The van der Waals surface area contributed by atoms with Crippen molar-refractivity contribution < 1.29 is 9.59 Å². The van der Waals surface area contributed by atoms with Gasteiger partial charge in [-0.1, -0.05) is 73.7 Å². The van der Waals surface area contributed by atoms with Gasteiger partial charge in [-0.3, -0.25) is 14.9 Å². The number of hydrogen-bond donors (Lipinski definition) is 1. The molecule has 0 unspecified atom stereocenters. The molecule has 1 N–H and O–H groups in total. The third-order valence-corrected chi connectivity index (χ3v) is 6.31. The molecular formula is C22H22N4O2S. The molecule has 29 heavy (non-hydrogen) atoms. The van der Waals surface area contributed by atoms with Crippen molar-refractivity contribution in [2.45, 2.75) is 31.7 Å². The molecular weight excluding hydrogens is 384 g/mol. The van der Waals surface area contributed by atoms with E-state index in [-0.39, 0.29) is 17.7 Å². The maximum Gasteiger partial charge on any atom is 0.254 e. The summed E-state index contributed by atoms with van der Waals surface area (Å²) >= 11 is 1.38. The van der Waals surface area contributed by atoms with Crippen LogP contribution >= 0.6 is 11.3 Å². The van der Waals surface area contributed by atoms with Crippen molar-refractivity contribution in [2.75, 3.05) is 12.4 Å². The zero-order valence-electron chi connectivity index (χ0n) is 16.5. The average molecular weight is 407 g/mol. The standard InChI is InChI=1S/C22H22N4O2S/c1-13(2)20-24-25-22(29-20)23-19(27)17-15-11-7-8-12-16(15)21(28)26(3)18(17)14-9-5-4-6-10-14/h4-13,17-18H,1-3H3,(H,23,25,27)/t17-,18-/m0/s1. The summed E-state index contributed by atoms with van der Waals surface area (Å²) in [7, 11) is 1.75. The summed E-state index contributed by atoms with van der Waals surface area (Å²) in [6.07, 6.45) is 0. The van der Waals surface area contributed by atoms with Gasteiger partial charge in [0.1, 0.15) is 5.01 Å². The van der Waals surface area contributed by atoms with Gasteiger partial charge in [0.25, 0.3) is 5.91 Å². The average Bonchev–Trinajstić information content (AvgIpc) is 3.20. The number of rotatable bonds is 4. The van der Waals surface area contributed by atoms with Crippen LogP contribution in [0, 0.1) is 0 Å². The Labute approximate surface area is 173 Å². The molecule has 2 heterocycles. The highest BCUT2D eigenvalue weighted by Crippen LogP contribution is 2.42. The molecule has 148 valence electrons. The van der Waals surface area contributed by atoms with Crippen LogP contribution < -0.4 is 5.32 Å². The molecule has 7 heteroatoms. The molecule has 0 bridgehead atoms. The number of aromatic nitrogens is 2. The summed E-state index contributed by atoms with van der Waals surface area (Å²) in [5.74, 6) is -0.592. The molecule has 2 aromatic carbocycles. The van der Waals surface area contributed by atoms with Crippen LogP contribution in [0.5, 0.6) is 0 Å². The molecule has 4 rings (SSSR count). The van der Waals surface area contributed by atoms with Crippen LogP contribution in [-0.2, 0) is 4.79 Å². The van der Waals surface area contributed by atoms with Gasteiger partial charge in [0.2, 0.25) is 11.0 Å². The Morgan fingerprint density at radius 1 is 1.07 bits per heavy atom. The van der Waals surface area contributed by atoms with E-state index < -0.39 is 12.0 Å². The van der Waals surface area contributed by atoms with E-state index in [1.165, 1.54) is 11.3 Å². The number of likely N-dealkylation sites (N-methyl/N-ethyl adjacent to an activating group) is 1. The maximum atomic E-state index is 13.4. The Balaban J connectivity index is 1.76. The fraction of sp³-hybridized carbons (Fsp3) is 0.273. The van der Waals surface area contributed by atoms with E-state index in [1.807, 2.05) is 62.4 Å². The molecule has 2 atom stereocenters. The lowest BCUT2D eigenvalue weighted by Gasteiger charge is -2.39. The van der Waals surface area contributed by atoms with Crippen LogP contribution in [0.25, 0.3) is 0 Å². The highest BCUT2D eigenvalue weighted by molar-refractivity contribution is 7.15. The number of carbonyl (C=O) groups is 2. The van der Waals surface area contributed by atoms with E-state index in [2.05, 4.69) is 15.5 Å². The third kappa shape index (κ3) is 3.53. The Morgan fingerprint density at radius 2 is 1.76 bits per heavy atom. The summed E-state index contributed by atoms with van der Waals surface area (Å²) in [5.41, 5.74) is 2.20. The highest BCUT2D eigenvalue weighted by atomic mass is 32.1. The van der Waals surface area contributed by atoms with Crippen molar-refractivity contribution in [3.8, 4) is 0 Å². The van der Waals surface area contributed by atoms with Crippen molar-refractivity contribution in [3.63, 3.8) is 0 Å². The molecule has 0 saturated carbocycles. The van der Waals surface area contributed by atoms with E-state index in [0.717, 1.165) is 16.1 Å². The van der Waals surface area contributed by atoms with E-state index in [9.17, 15) is 9.59 Å². The minimum atomic E-state index is -0.553. The van der Waals surface area contributed by atoms with Gasteiger partial charge in [-0.05, 0) is 17.2 Å². The van der Waals surface area contributed by atoms with Crippen molar-refractivity contribution in [3.05, 3.63) is 76.3 Å².